The molecule has 3 heteroatoms. The van der Waals surface area contributed by atoms with Crippen molar-refractivity contribution in [3.05, 3.63) is 66.6 Å². The maximum Gasteiger partial charge on any atom is 0.226 e. The van der Waals surface area contributed by atoms with Crippen LogP contribution in [0.3, 0.4) is 0 Å². The molecule has 0 aliphatic heterocycles. The van der Waals surface area contributed by atoms with Crippen molar-refractivity contribution in [1.29, 1.82) is 0 Å². The molecule has 1 aliphatic rings. The van der Waals surface area contributed by atoms with E-state index < -0.39 is 0 Å². The first kappa shape index (κ1) is 17.0. The van der Waals surface area contributed by atoms with Gasteiger partial charge in [-0.25, -0.2) is 4.98 Å². The van der Waals surface area contributed by atoms with Crippen molar-refractivity contribution in [3.8, 4) is 22.6 Å². The number of hydrogen-bond donors (Lipinski definition) is 1. The second kappa shape index (κ2) is 8.33. The van der Waals surface area contributed by atoms with Gasteiger partial charge < -0.3 is 9.73 Å². The van der Waals surface area contributed by atoms with E-state index in [-0.39, 0.29) is 0 Å². The smallest absolute Gasteiger partial charge is 0.226 e. The van der Waals surface area contributed by atoms with E-state index in [1.165, 1.54) is 49.7 Å². The number of oxazole rings is 1. The molecular formula is C23H26N2O. The molecule has 1 heterocycles. The summed E-state index contributed by atoms with van der Waals surface area (Å²) in [5, 5.41) is 3.65. The number of rotatable bonds is 5. The molecule has 1 aliphatic carbocycles. The van der Waals surface area contributed by atoms with Gasteiger partial charge in [0.1, 0.15) is 6.26 Å². The maximum atomic E-state index is 5.71. The lowest BCUT2D eigenvalue weighted by Crippen LogP contribution is -2.27. The summed E-state index contributed by atoms with van der Waals surface area (Å²) in [6.45, 7) is 0.788. The van der Waals surface area contributed by atoms with Crippen LogP contribution in [0.4, 0.5) is 0 Å². The highest BCUT2D eigenvalue weighted by atomic mass is 16.3. The van der Waals surface area contributed by atoms with Gasteiger partial charge >= 0.3 is 0 Å². The largest absolute Gasteiger partial charge is 0.444 e. The van der Waals surface area contributed by atoms with Crippen LogP contribution in [0.15, 0.2) is 65.3 Å². The summed E-state index contributed by atoms with van der Waals surface area (Å²) in [7, 11) is 0. The Labute approximate surface area is 155 Å². The summed E-state index contributed by atoms with van der Waals surface area (Å²) >= 11 is 0. The molecule has 3 aromatic rings. The van der Waals surface area contributed by atoms with Gasteiger partial charge in [-0.15, -0.1) is 0 Å². The van der Waals surface area contributed by atoms with Crippen molar-refractivity contribution in [2.75, 3.05) is 0 Å². The van der Waals surface area contributed by atoms with Gasteiger partial charge in [0.25, 0.3) is 0 Å². The Morgan fingerprint density at radius 1 is 0.808 bits per heavy atom. The van der Waals surface area contributed by atoms with Crippen LogP contribution < -0.4 is 5.32 Å². The molecule has 1 aromatic heterocycles. The van der Waals surface area contributed by atoms with Gasteiger partial charge in [-0.1, -0.05) is 68.1 Å². The van der Waals surface area contributed by atoms with Crippen LogP contribution in [0, 0.1) is 0 Å². The average molecular weight is 346 g/mol. The second-order valence-electron chi connectivity index (χ2n) is 7.16. The molecule has 1 saturated carbocycles. The summed E-state index contributed by atoms with van der Waals surface area (Å²) in [5.74, 6) is 0.697. The van der Waals surface area contributed by atoms with Gasteiger partial charge in [0.2, 0.25) is 5.89 Å². The van der Waals surface area contributed by atoms with Crippen molar-refractivity contribution >= 4 is 0 Å². The van der Waals surface area contributed by atoms with Gasteiger partial charge in [0.05, 0.1) is 5.69 Å². The van der Waals surface area contributed by atoms with E-state index in [0.29, 0.717) is 11.9 Å². The molecule has 0 atom stereocenters. The summed E-state index contributed by atoms with van der Waals surface area (Å²) in [6, 6.07) is 19.4. The maximum absolute atomic E-state index is 5.71. The molecule has 1 fully saturated rings. The highest BCUT2D eigenvalue weighted by Crippen LogP contribution is 2.24. The fourth-order valence-corrected chi connectivity index (χ4v) is 3.69. The Bertz CT molecular complexity index is 800. The second-order valence-corrected chi connectivity index (χ2v) is 7.16. The van der Waals surface area contributed by atoms with Gasteiger partial charge in [0, 0.05) is 18.2 Å². The Kier molecular flexibility index (Phi) is 5.46. The van der Waals surface area contributed by atoms with Crippen molar-refractivity contribution in [2.45, 2.75) is 51.1 Å². The van der Waals surface area contributed by atoms with E-state index in [2.05, 4.69) is 58.8 Å². The third kappa shape index (κ3) is 4.23. The predicted molar refractivity (Wildman–Crippen MR) is 106 cm³/mol. The molecule has 1 N–H and O–H groups in total. The van der Waals surface area contributed by atoms with E-state index in [4.69, 9.17) is 4.42 Å². The first-order chi connectivity index (χ1) is 12.9. The quantitative estimate of drug-likeness (QED) is 0.591. The van der Waals surface area contributed by atoms with Gasteiger partial charge in [0.15, 0.2) is 0 Å². The molecule has 134 valence electrons. The monoisotopic (exact) mass is 346 g/mol. The van der Waals surface area contributed by atoms with Crippen LogP contribution in [0.1, 0.15) is 44.2 Å². The van der Waals surface area contributed by atoms with Crippen LogP contribution in [0.5, 0.6) is 0 Å². The summed E-state index contributed by atoms with van der Waals surface area (Å²) < 4.78 is 5.71. The molecule has 4 rings (SSSR count). The van der Waals surface area contributed by atoms with Crippen LogP contribution in [0.25, 0.3) is 22.6 Å². The van der Waals surface area contributed by atoms with Crippen LogP contribution in [-0.4, -0.2) is 11.0 Å². The highest BCUT2D eigenvalue weighted by Gasteiger charge is 2.13. The molecule has 0 spiro atoms. The van der Waals surface area contributed by atoms with Crippen molar-refractivity contribution < 1.29 is 4.42 Å². The minimum absolute atomic E-state index is 0.628. The Balaban J connectivity index is 1.39. The lowest BCUT2D eigenvalue weighted by atomic mass is 10.0. The van der Waals surface area contributed by atoms with Crippen molar-refractivity contribution in [3.63, 3.8) is 0 Å². The highest BCUT2D eigenvalue weighted by molar-refractivity contribution is 5.67. The van der Waals surface area contributed by atoms with E-state index in [1.807, 2.05) is 6.07 Å². The van der Waals surface area contributed by atoms with E-state index >= 15 is 0 Å². The molecule has 0 saturated heterocycles. The Morgan fingerprint density at radius 2 is 1.46 bits per heavy atom. The van der Waals surface area contributed by atoms with Crippen molar-refractivity contribution in [2.24, 2.45) is 0 Å². The first-order valence-electron chi connectivity index (χ1n) is 9.72. The minimum Gasteiger partial charge on any atom is -0.444 e. The van der Waals surface area contributed by atoms with Crippen molar-refractivity contribution in [1.82, 2.24) is 10.3 Å². The standard InChI is InChI=1S/C23H26N2O/c1-2-7-11-21(10-6-1)24-16-22-17-26-23(25-22)20-14-12-19(13-15-20)18-8-4-3-5-9-18/h3-5,8-9,12-15,17,21,24H,1-2,6-7,10-11,16H2. The van der Waals surface area contributed by atoms with E-state index in [0.717, 1.165) is 17.8 Å². The molecular weight excluding hydrogens is 320 g/mol. The fourth-order valence-electron chi connectivity index (χ4n) is 3.69. The zero-order valence-electron chi connectivity index (χ0n) is 15.2. The third-order valence-electron chi connectivity index (χ3n) is 5.22. The molecule has 0 unspecified atom stereocenters. The number of nitrogens with one attached hydrogen (secondary N) is 1. The average Bonchev–Trinajstić information content (AvgIpc) is 3.02. The zero-order valence-corrected chi connectivity index (χ0v) is 15.2. The number of aromatic nitrogens is 1. The summed E-state index contributed by atoms with van der Waals surface area (Å²) in [4.78, 5) is 4.66. The SMILES string of the molecule is c1ccc(-c2ccc(-c3nc(CNC4CCCCCC4)co3)cc2)cc1. The van der Waals surface area contributed by atoms with Gasteiger partial charge in [-0.2, -0.15) is 0 Å². The lowest BCUT2D eigenvalue weighted by molar-refractivity contribution is 0.455. The van der Waals surface area contributed by atoms with Crippen LogP contribution in [-0.2, 0) is 6.54 Å². The summed E-state index contributed by atoms with van der Waals surface area (Å²) in [6.07, 6.45) is 9.79. The minimum atomic E-state index is 0.628. The number of hydrogen-bond acceptors (Lipinski definition) is 3. The molecule has 2 aromatic carbocycles. The Hall–Kier alpha value is -2.39. The zero-order chi connectivity index (χ0) is 17.6. The lowest BCUT2D eigenvalue weighted by Gasteiger charge is -2.14. The van der Waals surface area contributed by atoms with E-state index in [1.54, 1.807) is 6.26 Å². The molecule has 3 nitrogen and oxygen atoms in total. The van der Waals surface area contributed by atoms with Crippen LogP contribution in [0.2, 0.25) is 0 Å². The molecule has 0 amide bonds. The number of benzene rings is 2. The molecule has 26 heavy (non-hydrogen) atoms. The molecule has 0 bridgehead atoms. The van der Waals surface area contributed by atoms with Gasteiger partial charge in [-0.05, 0) is 36.1 Å². The van der Waals surface area contributed by atoms with Crippen LogP contribution >= 0.6 is 0 Å². The third-order valence-corrected chi connectivity index (χ3v) is 5.22. The first-order valence-corrected chi connectivity index (χ1v) is 9.72. The fraction of sp³-hybridized carbons (Fsp3) is 0.348. The summed E-state index contributed by atoms with van der Waals surface area (Å²) in [5.41, 5.74) is 4.43. The number of nitrogens with zero attached hydrogens (tertiary/aromatic N) is 1. The predicted octanol–water partition coefficient (Wildman–Crippen LogP) is 5.82. The topological polar surface area (TPSA) is 38.1 Å². The van der Waals surface area contributed by atoms with Gasteiger partial charge in [-0.3, -0.25) is 0 Å². The van der Waals surface area contributed by atoms with E-state index in [9.17, 15) is 0 Å². The Morgan fingerprint density at radius 3 is 2.19 bits per heavy atom. The normalized spacial score (nSPS) is 15.7. The molecule has 0 radical (unpaired) electrons.